The van der Waals surface area contributed by atoms with Gasteiger partial charge in [-0.15, -0.1) is 0 Å². The second-order valence-corrected chi connectivity index (χ2v) is 7.23. The van der Waals surface area contributed by atoms with Gasteiger partial charge < -0.3 is 19.5 Å². The Kier molecular flexibility index (Phi) is 6.01. The first-order valence-electron chi connectivity index (χ1n) is 8.60. The van der Waals surface area contributed by atoms with Gasteiger partial charge in [0.1, 0.15) is 13.2 Å². The topological polar surface area (TPSA) is 73.9 Å². The Morgan fingerprint density at radius 1 is 1.11 bits per heavy atom. The van der Waals surface area contributed by atoms with Gasteiger partial charge in [-0.3, -0.25) is 4.79 Å². The van der Waals surface area contributed by atoms with E-state index in [1.54, 1.807) is 24.3 Å². The van der Waals surface area contributed by atoms with Crippen LogP contribution < -0.4 is 14.8 Å². The highest BCUT2D eigenvalue weighted by Crippen LogP contribution is 2.38. The summed E-state index contributed by atoms with van der Waals surface area (Å²) in [7, 11) is 0. The lowest BCUT2D eigenvalue weighted by Gasteiger charge is -2.20. The number of rotatable bonds is 5. The van der Waals surface area contributed by atoms with Crippen molar-refractivity contribution in [2.24, 2.45) is 0 Å². The number of anilines is 1. The number of carbonyl (C=O) groups excluding carboxylic acids is 2. The summed E-state index contributed by atoms with van der Waals surface area (Å²) in [5, 5.41) is 2.69. The standard InChI is InChI=1S/C20H20BrNO5/c1-12(2)13-3-5-14(6-4-13)20(24)27-11-19(23)22-16-10-18-17(9-15(16)21)25-7-8-26-18/h3-6,9-10,12H,7-8,11H2,1-2H3,(H,22,23). The molecule has 2 aromatic carbocycles. The molecule has 0 aromatic heterocycles. The molecule has 27 heavy (non-hydrogen) atoms. The Hall–Kier alpha value is -2.54. The average Bonchev–Trinajstić information content (AvgIpc) is 2.66. The van der Waals surface area contributed by atoms with Gasteiger partial charge >= 0.3 is 5.97 Å². The lowest BCUT2D eigenvalue weighted by atomic mass is 10.0. The first-order chi connectivity index (χ1) is 12.9. The van der Waals surface area contributed by atoms with Crippen LogP contribution in [0.2, 0.25) is 0 Å². The molecule has 0 bridgehead atoms. The molecule has 2 aromatic rings. The smallest absolute Gasteiger partial charge is 0.338 e. The number of fused-ring (bicyclic) bond motifs is 1. The number of esters is 1. The quantitative estimate of drug-likeness (QED) is 0.717. The normalized spacial score (nSPS) is 12.6. The molecule has 3 rings (SSSR count). The predicted octanol–water partition coefficient (Wildman–Crippen LogP) is 4.14. The van der Waals surface area contributed by atoms with Crippen molar-refractivity contribution >= 4 is 33.5 Å². The minimum absolute atomic E-state index is 0.380. The van der Waals surface area contributed by atoms with Crippen LogP contribution in [0.5, 0.6) is 11.5 Å². The van der Waals surface area contributed by atoms with E-state index in [-0.39, 0.29) is 6.61 Å². The van der Waals surface area contributed by atoms with E-state index in [1.807, 2.05) is 12.1 Å². The van der Waals surface area contributed by atoms with Gasteiger partial charge in [0.25, 0.3) is 5.91 Å². The maximum absolute atomic E-state index is 12.1. The highest BCUT2D eigenvalue weighted by atomic mass is 79.9. The monoisotopic (exact) mass is 433 g/mol. The molecule has 0 radical (unpaired) electrons. The molecule has 1 N–H and O–H groups in total. The number of hydrogen-bond acceptors (Lipinski definition) is 5. The van der Waals surface area contributed by atoms with Gasteiger partial charge in [-0.2, -0.15) is 0 Å². The zero-order chi connectivity index (χ0) is 19.4. The first kappa shape index (κ1) is 19.2. The molecule has 0 saturated heterocycles. The predicted molar refractivity (Wildman–Crippen MR) is 105 cm³/mol. The molecule has 0 spiro atoms. The van der Waals surface area contributed by atoms with Crippen LogP contribution in [0.3, 0.4) is 0 Å². The lowest BCUT2D eigenvalue weighted by molar-refractivity contribution is -0.119. The summed E-state index contributed by atoms with van der Waals surface area (Å²) >= 11 is 3.38. The van der Waals surface area contributed by atoms with E-state index >= 15 is 0 Å². The summed E-state index contributed by atoms with van der Waals surface area (Å²) in [6.07, 6.45) is 0. The van der Waals surface area contributed by atoms with E-state index in [9.17, 15) is 9.59 Å². The Morgan fingerprint density at radius 2 is 1.74 bits per heavy atom. The maximum Gasteiger partial charge on any atom is 0.338 e. The molecule has 1 amide bonds. The molecule has 0 fully saturated rings. The molecule has 0 aliphatic carbocycles. The van der Waals surface area contributed by atoms with Crippen LogP contribution in [0.4, 0.5) is 5.69 Å². The zero-order valence-electron chi connectivity index (χ0n) is 15.1. The second-order valence-electron chi connectivity index (χ2n) is 6.38. The zero-order valence-corrected chi connectivity index (χ0v) is 16.7. The van der Waals surface area contributed by atoms with Crippen molar-refractivity contribution in [2.75, 3.05) is 25.1 Å². The van der Waals surface area contributed by atoms with Crippen molar-refractivity contribution in [1.29, 1.82) is 0 Å². The largest absolute Gasteiger partial charge is 0.486 e. The molecule has 1 heterocycles. The number of hydrogen-bond donors (Lipinski definition) is 1. The third kappa shape index (κ3) is 4.80. The molecule has 142 valence electrons. The Balaban J connectivity index is 1.57. The summed E-state index contributed by atoms with van der Waals surface area (Å²) in [6, 6.07) is 10.6. The summed E-state index contributed by atoms with van der Waals surface area (Å²) in [4.78, 5) is 24.2. The van der Waals surface area contributed by atoms with Crippen molar-refractivity contribution < 1.29 is 23.8 Å². The molecule has 7 heteroatoms. The lowest BCUT2D eigenvalue weighted by Crippen LogP contribution is -2.21. The van der Waals surface area contributed by atoms with Crippen LogP contribution in [-0.4, -0.2) is 31.7 Å². The van der Waals surface area contributed by atoms with Crippen molar-refractivity contribution in [3.8, 4) is 11.5 Å². The number of amides is 1. The van der Waals surface area contributed by atoms with Gasteiger partial charge in [-0.1, -0.05) is 26.0 Å². The van der Waals surface area contributed by atoms with Gasteiger partial charge in [0, 0.05) is 16.6 Å². The number of halogens is 1. The number of carbonyl (C=O) groups is 2. The number of ether oxygens (including phenoxy) is 3. The minimum Gasteiger partial charge on any atom is -0.486 e. The van der Waals surface area contributed by atoms with E-state index in [0.29, 0.717) is 46.4 Å². The minimum atomic E-state index is -0.540. The van der Waals surface area contributed by atoms with Gasteiger partial charge in [0.15, 0.2) is 18.1 Å². The third-order valence-electron chi connectivity index (χ3n) is 4.05. The van der Waals surface area contributed by atoms with Gasteiger partial charge in [-0.25, -0.2) is 4.79 Å². The Labute approximate surface area is 165 Å². The average molecular weight is 434 g/mol. The Morgan fingerprint density at radius 3 is 2.37 bits per heavy atom. The van der Waals surface area contributed by atoms with Crippen molar-refractivity contribution in [3.63, 3.8) is 0 Å². The highest BCUT2D eigenvalue weighted by Gasteiger charge is 2.17. The SMILES string of the molecule is CC(C)c1ccc(C(=O)OCC(=O)Nc2cc3c(cc2Br)OCCO3)cc1. The molecule has 0 saturated carbocycles. The van der Waals surface area contributed by atoms with Crippen LogP contribution in [-0.2, 0) is 9.53 Å². The summed E-state index contributed by atoms with van der Waals surface area (Å²) in [6.45, 7) is 4.71. The Bertz CT molecular complexity index is 848. The third-order valence-corrected chi connectivity index (χ3v) is 4.71. The van der Waals surface area contributed by atoms with Crippen molar-refractivity contribution in [3.05, 3.63) is 52.0 Å². The molecule has 0 unspecified atom stereocenters. The van der Waals surface area contributed by atoms with E-state index in [4.69, 9.17) is 14.2 Å². The van der Waals surface area contributed by atoms with E-state index in [0.717, 1.165) is 5.56 Å². The summed E-state index contributed by atoms with van der Waals surface area (Å²) in [5.41, 5.74) is 2.06. The van der Waals surface area contributed by atoms with Gasteiger partial charge in [-0.05, 0) is 39.5 Å². The van der Waals surface area contributed by atoms with Crippen LogP contribution in [0, 0.1) is 0 Å². The number of nitrogens with one attached hydrogen (secondary N) is 1. The fourth-order valence-corrected chi connectivity index (χ4v) is 2.99. The number of benzene rings is 2. The van der Waals surface area contributed by atoms with Gasteiger partial charge in [0.05, 0.1) is 11.3 Å². The van der Waals surface area contributed by atoms with E-state index < -0.39 is 11.9 Å². The fourth-order valence-electron chi connectivity index (χ4n) is 2.56. The second kappa shape index (κ2) is 8.43. The first-order valence-corrected chi connectivity index (χ1v) is 9.39. The van der Waals surface area contributed by atoms with Crippen molar-refractivity contribution in [2.45, 2.75) is 19.8 Å². The summed E-state index contributed by atoms with van der Waals surface area (Å²) in [5.74, 6) is 0.566. The van der Waals surface area contributed by atoms with Crippen LogP contribution in [0.1, 0.15) is 35.7 Å². The van der Waals surface area contributed by atoms with Crippen LogP contribution in [0.25, 0.3) is 0 Å². The fraction of sp³-hybridized carbons (Fsp3) is 0.300. The van der Waals surface area contributed by atoms with Crippen LogP contribution >= 0.6 is 15.9 Å². The van der Waals surface area contributed by atoms with E-state index in [1.165, 1.54) is 0 Å². The summed E-state index contributed by atoms with van der Waals surface area (Å²) < 4.78 is 16.7. The molecule has 1 aliphatic rings. The van der Waals surface area contributed by atoms with Crippen LogP contribution in [0.15, 0.2) is 40.9 Å². The molecular formula is C20H20BrNO5. The maximum atomic E-state index is 12.1. The molecule has 1 aliphatic heterocycles. The van der Waals surface area contributed by atoms with E-state index in [2.05, 4.69) is 35.1 Å². The van der Waals surface area contributed by atoms with Crippen molar-refractivity contribution in [1.82, 2.24) is 0 Å². The molecular weight excluding hydrogens is 414 g/mol. The molecule has 6 nitrogen and oxygen atoms in total. The molecule has 0 atom stereocenters. The van der Waals surface area contributed by atoms with Gasteiger partial charge in [0.2, 0.25) is 0 Å². The highest BCUT2D eigenvalue weighted by molar-refractivity contribution is 9.10.